The normalized spacial score (nSPS) is 11.1. The minimum Gasteiger partial charge on any atom is -0.481 e. The van der Waals surface area contributed by atoms with Crippen molar-refractivity contribution in [3.63, 3.8) is 0 Å². The van der Waals surface area contributed by atoms with Crippen LogP contribution in [-0.4, -0.2) is 59.8 Å². The van der Waals surface area contributed by atoms with Crippen LogP contribution in [-0.2, 0) is 19.2 Å². The van der Waals surface area contributed by atoms with Gasteiger partial charge >= 0.3 is 17.9 Å². The summed E-state index contributed by atoms with van der Waals surface area (Å²) >= 11 is 0. The second-order valence-electron chi connectivity index (χ2n) is 8.77. The number of aliphatic carboxylic acids is 3. The third-order valence-electron chi connectivity index (χ3n) is 5.33. The van der Waals surface area contributed by atoms with Gasteiger partial charge < -0.3 is 34.6 Å². The number of carboxylic acid groups (broad SMARTS) is 3. The molecule has 0 aliphatic carbocycles. The van der Waals surface area contributed by atoms with Gasteiger partial charge in [-0.3, -0.25) is 14.4 Å². The van der Waals surface area contributed by atoms with E-state index in [0.29, 0.717) is 22.6 Å². The van der Waals surface area contributed by atoms with Crippen molar-refractivity contribution in [3.8, 4) is 22.5 Å². The molecule has 0 radical (unpaired) electrons. The molecule has 4 rings (SSSR count). The van der Waals surface area contributed by atoms with Gasteiger partial charge in [-0.1, -0.05) is 13.8 Å². The number of rotatable bonds is 9. The van der Waals surface area contributed by atoms with Crippen molar-refractivity contribution in [3.05, 3.63) is 55.4 Å². The van der Waals surface area contributed by atoms with Crippen molar-refractivity contribution < 1.29 is 48.4 Å². The highest BCUT2D eigenvalue weighted by molar-refractivity contribution is 5.95. The number of furan rings is 2. The zero-order valence-electron chi connectivity index (χ0n) is 20.8. The number of aliphatic hydroxyl groups is 1. The molecule has 0 fully saturated rings. The molecule has 0 bridgehead atoms. The summed E-state index contributed by atoms with van der Waals surface area (Å²) in [5.41, 5.74) is 2.45. The van der Waals surface area contributed by atoms with Gasteiger partial charge in [0, 0.05) is 22.7 Å². The van der Waals surface area contributed by atoms with Crippen molar-refractivity contribution in [2.75, 3.05) is 5.32 Å². The maximum Gasteiger partial charge on any atom is 0.336 e. The number of carboxylic acids is 3. The summed E-state index contributed by atoms with van der Waals surface area (Å²) in [5, 5.41) is 36.7. The molecule has 0 spiro atoms. The molecule has 0 atom stereocenters. The standard InChI is InChI=1S/C20H17N3O3.C6H8O7/c1-12(2)20(24)21-15-3-4-16-17(9-15)23-19(14-6-8-26-11-14)18(22-16)13-5-7-25-10-13;7-3(8)1-6(13,5(11)12)2-4(9)10/h3-12H,1-2H3,(H,21,24);13H,1-2H2,(H,7,8)(H,9,10)(H,11,12). The van der Waals surface area contributed by atoms with Gasteiger partial charge in [0.1, 0.15) is 11.4 Å². The lowest BCUT2D eigenvalue weighted by molar-refractivity contribution is -0.170. The number of nitrogens with one attached hydrogen (secondary N) is 1. The Hall–Kier alpha value is -5.04. The number of aromatic nitrogens is 2. The molecule has 0 saturated heterocycles. The van der Waals surface area contributed by atoms with Crippen LogP contribution >= 0.6 is 0 Å². The highest BCUT2D eigenvalue weighted by Gasteiger charge is 2.40. The van der Waals surface area contributed by atoms with Crippen molar-refractivity contribution in [1.82, 2.24) is 9.97 Å². The molecule has 0 aliphatic heterocycles. The lowest BCUT2D eigenvalue weighted by atomic mass is 9.96. The molecule has 0 aliphatic rings. The first-order chi connectivity index (χ1) is 18.4. The highest BCUT2D eigenvalue weighted by Crippen LogP contribution is 2.32. The Bertz CT molecular complexity index is 1460. The van der Waals surface area contributed by atoms with Crippen molar-refractivity contribution in [1.29, 1.82) is 0 Å². The second-order valence-corrected chi connectivity index (χ2v) is 8.77. The van der Waals surface area contributed by atoms with E-state index in [1.54, 1.807) is 25.1 Å². The van der Waals surface area contributed by atoms with E-state index in [9.17, 15) is 19.2 Å². The largest absolute Gasteiger partial charge is 0.481 e. The number of carbonyl (C=O) groups excluding carboxylic acids is 1. The van der Waals surface area contributed by atoms with Crippen LogP contribution < -0.4 is 5.32 Å². The summed E-state index contributed by atoms with van der Waals surface area (Å²) in [6, 6.07) is 9.18. The Labute approximate surface area is 220 Å². The van der Waals surface area contributed by atoms with Crippen LogP contribution in [0.4, 0.5) is 5.69 Å². The van der Waals surface area contributed by atoms with Crippen molar-refractivity contribution in [2.45, 2.75) is 32.3 Å². The first kappa shape index (κ1) is 28.5. The SMILES string of the molecule is CC(C)C(=O)Nc1ccc2nc(-c3ccoc3)c(-c3ccoc3)nc2c1.O=C(O)CC(O)(CC(=O)O)C(=O)O. The molecule has 3 heterocycles. The Kier molecular flexibility index (Phi) is 8.78. The molecular formula is C26H25N3O10. The Morgan fingerprint density at radius 2 is 1.36 bits per heavy atom. The average molecular weight is 539 g/mol. The molecule has 0 saturated carbocycles. The third kappa shape index (κ3) is 7.26. The zero-order chi connectivity index (χ0) is 28.7. The number of benzene rings is 1. The predicted octanol–water partition coefficient (Wildman–Crippen LogP) is 3.50. The van der Waals surface area contributed by atoms with E-state index in [1.165, 1.54) is 0 Å². The minimum atomic E-state index is -2.74. The fourth-order valence-electron chi connectivity index (χ4n) is 3.33. The first-order valence-electron chi connectivity index (χ1n) is 11.5. The number of nitrogens with zero attached hydrogens (tertiary/aromatic N) is 2. The van der Waals surface area contributed by atoms with Crippen molar-refractivity contribution >= 4 is 40.5 Å². The molecule has 204 valence electrons. The zero-order valence-corrected chi connectivity index (χ0v) is 20.8. The number of carbonyl (C=O) groups is 4. The van der Waals surface area contributed by atoms with E-state index < -0.39 is 36.4 Å². The molecule has 39 heavy (non-hydrogen) atoms. The van der Waals surface area contributed by atoms with Gasteiger partial charge in [-0.05, 0) is 30.3 Å². The molecule has 4 aromatic rings. The van der Waals surface area contributed by atoms with Crippen LogP contribution in [0.2, 0.25) is 0 Å². The smallest absolute Gasteiger partial charge is 0.336 e. The molecule has 3 aromatic heterocycles. The number of hydrogen-bond donors (Lipinski definition) is 5. The van der Waals surface area contributed by atoms with Crippen LogP contribution in [0.1, 0.15) is 26.7 Å². The third-order valence-corrected chi connectivity index (χ3v) is 5.33. The summed E-state index contributed by atoms with van der Waals surface area (Å²) in [4.78, 5) is 51.9. The Morgan fingerprint density at radius 1 is 0.846 bits per heavy atom. The van der Waals surface area contributed by atoms with E-state index in [1.807, 2.05) is 44.2 Å². The predicted molar refractivity (Wildman–Crippen MR) is 136 cm³/mol. The van der Waals surface area contributed by atoms with Gasteiger partial charge in [-0.15, -0.1) is 0 Å². The number of fused-ring (bicyclic) bond motifs is 1. The number of hydrogen-bond acceptors (Lipinski definition) is 9. The van der Waals surface area contributed by atoms with Gasteiger partial charge in [-0.25, -0.2) is 14.8 Å². The molecule has 13 heteroatoms. The lowest BCUT2D eigenvalue weighted by Gasteiger charge is -2.18. The van der Waals surface area contributed by atoms with Crippen molar-refractivity contribution in [2.24, 2.45) is 5.92 Å². The number of amides is 1. The summed E-state index contributed by atoms with van der Waals surface area (Å²) < 4.78 is 10.4. The van der Waals surface area contributed by atoms with Crippen LogP contribution in [0.3, 0.4) is 0 Å². The van der Waals surface area contributed by atoms with Crippen LogP contribution in [0.25, 0.3) is 33.5 Å². The maximum atomic E-state index is 11.9. The molecular weight excluding hydrogens is 514 g/mol. The van der Waals surface area contributed by atoms with E-state index in [0.717, 1.165) is 16.6 Å². The highest BCUT2D eigenvalue weighted by atomic mass is 16.4. The molecule has 1 aromatic carbocycles. The second kappa shape index (κ2) is 12.0. The van der Waals surface area contributed by atoms with Crippen LogP contribution in [0.15, 0.2) is 64.2 Å². The molecule has 13 nitrogen and oxygen atoms in total. The van der Waals surface area contributed by atoms with E-state index in [-0.39, 0.29) is 11.8 Å². The van der Waals surface area contributed by atoms with Crippen LogP contribution in [0.5, 0.6) is 0 Å². The van der Waals surface area contributed by atoms with E-state index >= 15 is 0 Å². The fraction of sp³-hybridized carbons (Fsp3) is 0.231. The van der Waals surface area contributed by atoms with Gasteiger partial charge in [0.2, 0.25) is 5.91 Å². The molecule has 0 unspecified atom stereocenters. The lowest BCUT2D eigenvalue weighted by Crippen LogP contribution is -2.42. The van der Waals surface area contributed by atoms with Gasteiger partial charge in [0.05, 0.1) is 48.9 Å². The topological polar surface area (TPSA) is 213 Å². The van der Waals surface area contributed by atoms with Gasteiger partial charge in [-0.2, -0.15) is 0 Å². The monoisotopic (exact) mass is 539 g/mol. The number of anilines is 1. The quantitative estimate of drug-likeness (QED) is 0.207. The van der Waals surface area contributed by atoms with E-state index in [4.69, 9.17) is 39.2 Å². The van der Waals surface area contributed by atoms with Gasteiger partial charge in [0.25, 0.3) is 0 Å². The fourth-order valence-corrected chi connectivity index (χ4v) is 3.33. The molecule has 1 amide bonds. The summed E-state index contributed by atoms with van der Waals surface area (Å²) in [5.74, 6) is -5.15. The van der Waals surface area contributed by atoms with Gasteiger partial charge in [0.15, 0.2) is 5.60 Å². The summed E-state index contributed by atoms with van der Waals surface area (Å²) in [6.45, 7) is 3.70. The minimum absolute atomic E-state index is 0.0395. The Balaban J connectivity index is 0.000000276. The molecule has 5 N–H and O–H groups in total. The average Bonchev–Trinajstić information content (AvgIpc) is 3.57. The summed E-state index contributed by atoms with van der Waals surface area (Å²) in [7, 11) is 0. The Morgan fingerprint density at radius 3 is 1.77 bits per heavy atom. The van der Waals surface area contributed by atoms with Crippen LogP contribution in [0, 0.1) is 5.92 Å². The van der Waals surface area contributed by atoms with E-state index in [2.05, 4.69) is 5.32 Å². The first-order valence-corrected chi connectivity index (χ1v) is 11.5. The maximum absolute atomic E-state index is 11.9. The summed E-state index contributed by atoms with van der Waals surface area (Å²) in [6.07, 6.45) is 4.17.